The topological polar surface area (TPSA) is 15.3 Å². The zero-order valence-corrected chi connectivity index (χ0v) is 11.1. The molecule has 1 unspecified atom stereocenters. The lowest BCUT2D eigenvalue weighted by molar-refractivity contribution is 0.0649. The van der Waals surface area contributed by atoms with Crippen molar-refractivity contribution < 1.29 is 0 Å². The van der Waals surface area contributed by atoms with Gasteiger partial charge in [0, 0.05) is 25.7 Å². The first kappa shape index (κ1) is 12.4. The Morgan fingerprint density at radius 2 is 2.06 bits per heavy atom. The SMILES string of the molecule is CCC1CCN(CC2(CC)CCC2)CCN1. The van der Waals surface area contributed by atoms with Crippen molar-refractivity contribution in [1.29, 1.82) is 0 Å². The zero-order valence-electron chi connectivity index (χ0n) is 11.1. The molecule has 94 valence electrons. The molecule has 1 saturated heterocycles. The van der Waals surface area contributed by atoms with Gasteiger partial charge in [-0.15, -0.1) is 0 Å². The maximum absolute atomic E-state index is 3.66. The summed E-state index contributed by atoms with van der Waals surface area (Å²) in [5, 5.41) is 3.66. The second kappa shape index (κ2) is 5.50. The quantitative estimate of drug-likeness (QED) is 0.790. The van der Waals surface area contributed by atoms with E-state index in [1.165, 1.54) is 64.7 Å². The molecule has 0 spiro atoms. The van der Waals surface area contributed by atoms with Crippen LogP contribution in [0.2, 0.25) is 0 Å². The summed E-state index contributed by atoms with van der Waals surface area (Å²) in [6.07, 6.45) is 8.43. The van der Waals surface area contributed by atoms with Crippen molar-refractivity contribution in [3.8, 4) is 0 Å². The Kier molecular flexibility index (Phi) is 4.26. The van der Waals surface area contributed by atoms with Gasteiger partial charge in [0.05, 0.1) is 0 Å². The van der Waals surface area contributed by atoms with Crippen molar-refractivity contribution in [1.82, 2.24) is 10.2 Å². The minimum absolute atomic E-state index is 0.700. The molecule has 2 rings (SSSR count). The Morgan fingerprint density at radius 3 is 2.62 bits per heavy atom. The molecular weight excluding hydrogens is 196 g/mol. The van der Waals surface area contributed by atoms with Gasteiger partial charge in [-0.1, -0.05) is 20.3 Å². The van der Waals surface area contributed by atoms with Crippen LogP contribution < -0.4 is 5.32 Å². The molecule has 1 aliphatic heterocycles. The van der Waals surface area contributed by atoms with Gasteiger partial charge in [-0.25, -0.2) is 0 Å². The lowest BCUT2D eigenvalue weighted by atomic mass is 9.66. The highest BCUT2D eigenvalue weighted by Crippen LogP contribution is 2.44. The number of rotatable bonds is 4. The second-order valence-electron chi connectivity index (χ2n) is 5.83. The van der Waals surface area contributed by atoms with E-state index < -0.39 is 0 Å². The van der Waals surface area contributed by atoms with Crippen LogP contribution in [0.15, 0.2) is 0 Å². The van der Waals surface area contributed by atoms with Gasteiger partial charge in [-0.3, -0.25) is 0 Å². The van der Waals surface area contributed by atoms with Crippen LogP contribution in [0.1, 0.15) is 52.4 Å². The smallest absolute Gasteiger partial charge is 0.0107 e. The van der Waals surface area contributed by atoms with Crippen LogP contribution in [-0.4, -0.2) is 37.1 Å². The van der Waals surface area contributed by atoms with Crippen molar-refractivity contribution in [2.24, 2.45) is 5.41 Å². The highest BCUT2D eigenvalue weighted by molar-refractivity contribution is 4.90. The van der Waals surface area contributed by atoms with Crippen molar-refractivity contribution in [2.75, 3.05) is 26.2 Å². The van der Waals surface area contributed by atoms with Crippen LogP contribution >= 0.6 is 0 Å². The molecule has 1 N–H and O–H groups in total. The van der Waals surface area contributed by atoms with Crippen LogP contribution in [0.25, 0.3) is 0 Å². The van der Waals surface area contributed by atoms with Crippen LogP contribution in [0.4, 0.5) is 0 Å². The van der Waals surface area contributed by atoms with E-state index in [9.17, 15) is 0 Å². The Labute approximate surface area is 101 Å². The first-order chi connectivity index (χ1) is 7.78. The van der Waals surface area contributed by atoms with Gasteiger partial charge in [0.2, 0.25) is 0 Å². The maximum Gasteiger partial charge on any atom is 0.0107 e. The summed E-state index contributed by atoms with van der Waals surface area (Å²) < 4.78 is 0. The molecule has 1 aliphatic carbocycles. The molecule has 0 aromatic heterocycles. The minimum Gasteiger partial charge on any atom is -0.313 e. The van der Waals surface area contributed by atoms with Crippen LogP contribution in [0, 0.1) is 5.41 Å². The van der Waals surface area contributed by atoms with E-state index in [-0.39, 0.29) is 0 Å². The molecule has 1 saturated carbocycles. The molecule has 0 aromatic rings. The average molecular weight is 224 g/mol. The fraction of sp³-hybridized carbons (Fsp3) is 1.00. The van der Waals surface area contributed by atoms with Gasteiger partial charge in [-0.2, -0.15) is 0 Å². The molecule has 0 bridgehead atoms. The Morgan fingerprint density at radius 1 is 1.25 bits per heavy atom. The Hall–Kier alpha value is -0.0800. The van der Waals surface area contributed by atoms with Gasteiger partial charge in [0.1, 0.15) is 0 Å². The molecule has 2 nitrogen and oxygen atoms in total. The van der Waals surface area contributed by atoms with E-state index in [4.69, 9.17) is 0 Å². The Balaban J connectivity index is 1.81. The molecule has 0 aromatic carbocycles. The van der Waals surface area contributed by atoms with E-state index in [0.29, 0.717) is 5.41 Å². The molecule has 2 fully saturated rings. The molecular formula is C14H28N2. The van der Waals surface area contributed by atoms with E-state index in [1.807, 2.05) is 0 Å². The second-order valence-corrected chi connectivity index (χ2v) is 5.83. The van der Waals surface area contributed by atoms with Crippen molar-refractivity contribution >= 4 is 0 Å². The third-order valence-corrected chi connectivity index (χ3v) is 4.87. The number of nitrogens with zero attached hydrogens (tertiary/aromatic N) is 1. The summed E-state index contributed by atoms with van der Waals surface area (Å²) in [6, 6.07) is 0.768. The number of hydrogen-bond acceptors (Lipinski definition) is 2. The van der Waals surface area contributed by atoms with Crippen LogP contribution in [0.5, 0.6) is 0 Å². The molecule has 1 atom stereocenters. The van der Waals surface area contributed by atoms with Gasteiger partial charge in [0.25, 0.3) is 0 Å². The summed E-state index contributed by atoms with van der Waals surface area (Å²) in [7, 11) is 0. The third-order valence-electron chi connectivity index (χ3n) is 4.87. The summed E-state index contributed by atoms with van der Waals surface area (Å²) in [4.78, 5) is 2.71. The summed E-state index contributed by atoms with van der Waals surface area (Å²) in [6.45, 7) is 9.81. The largest absolute Gasteiger partial charge is 0.313 e. The van der Waals surface area contributed by atoms with E-state index in [0.717, 1.165) is 6.04 Å². The highest BCUT2D eigenvalue weighted by atomic mass is 15.2. The fourth-order valence-electron chi connectivity index (χ4n) is 3.26. The molecule has 0 radical (unpaired) electrons. The molecule has 2 aliphatic rings. The monoisotopic (exact) mass is 224 g/mol. The lowest BCUT2D eigenvalue weighted by Crippen LogP contribution is -2.43. The zero-order chi connectivity index (χ0) is 11.4. The third kappa shape index (κ3) is 2.78. The average Bonchev–Trinajstić information content (AvgIpc) is 2.48. The van der Waals surface area contributed by atoms with Crippen LogP contribution in [-0.2, 0) is 0 Å². The number of nitrogens with one attached hydrogen (secondary N) is 1. The van der Waals surface area contributed by atoms with Gasteiger partial charge >= 0.3 is 0 Å². The number of hydrogen-bond donors (Lipinski definition) is 1. The van der Waals surface area contributed by atoms with Gasteiger partial charge in [0.15, 0.2) is 0 Å². The van der Waals surface area contributed by atoms with Crippen molar-refractivity contribution in [3.63, 3.8) is 0 Å². The molecule has 2 heteroatoms. The van der Waals surface area contributed by atoms with E-state index in [1.54, 1.807) is 0 Å². The standard InChI is InChI=1S/C14H28N2/c1-3-13-6-10-16(11-9-15-13)12-14(4-2)7-5-8-14/h13,15H,3-12H2,1-2H3. The van der Waals surface area contributed by atoms with Gasteiger partial charge < -0.3 is 10.2 Å². The van der Waals surface area contributed by atoms with E-state index >= 15 is 0 Å². The van der Waals surface area contributed by atoms with E-state index in [2.05, 4.69) is 24.1 Å². The summed E-state index contributed by atoms with van der Waals surface area (Å²) in [5.41, 5.74) is 0.700. The molecule has 1 heterocycles. The highest BCUT2D eigenvalue weighted by Gasteiger charge is 2.36. The lowest BCUT2D eigenvalue weighted by Gasteiger charge is -2.44. The molecule has 0 amide bonds. The predicted molar refractivity (Wildman–Crippen MR) is 69.7 cm³/mol. The van der Waals surface area contributed by atoms with Crippen LogP contribution in [0.3, 0.4) is 0 Å². The predicted octanol–water partition coefficient (Wildman–Crippen LogP) is 2.64. The fourth-order valence-corrected chi connectivity index (χ4v) is 3.26. The Bertz CT molecular complexity index is 205. The van der Waals surface area contributed by atoms with Crippen molar-refractivity contribution in [2.45, 2.75) is 58.4 Å². The summed E-state index contributed by atoms with van der Waals surface area (Å²) >= 11 is 0. The minimum atomic E-state index is 0.700. The summed E-state index contributed by atoms with van der Waals surface area (Å²) in [5.74, 6) is 0. The maximum atomic E-state index is 3.66. The van der Waals surface area contributed by atoms with Gasteiger partial charge in [-0.05, 0) is 44.1 Å². The first-order valence-electron chi connectivity index (χ1n) is 7.24. The normalized spacial score (nSPS) is 30.8. The molecule has 16 heavy (non-hydrogen) atoms. The van der Waals surface area contributed by atoms with Crippen molar-refractivity contribution in [3.05, 3.63) is 0 Å². The first-order valence-corrected chi connectivity index (χ1v) is 7.24.